The minimum absolute atomic E-state index is 0.103. The molecular formula is C14H17F4N3. The topological polar surface area (TPSA) is 64.4 Å². The second-order valence-corrected chi connectivity index (χ2v) is 5.48. The van der Waals surface area contributed by atoms with Crippen LogP contribution in [0.1, 0.15) is 31.7 Å². The molecule has 0 saturated heterocycles. The standard InChI is InChI=1S/C14H17F4N3/c1-13(9-7-8(19)5-6-10(9)15)11(14(16,17)18)3-2-4-12(20)21-13/h5-7,11H,2-4,19H2,1H3,(H2,20,21). The Balaban J connectivity index is 2.66. The van der Waals surface area contributed by atoms with Gasteiger partial charge in [0, 0.05) is 17.7 Å². The number of aliphatic imine (C=N–C) groups is 1. The molecule has 1 heterocycles. The van der Waals surface area contributed by atoms with Crippen molar-refractivity contribution in [1.29, 1.82) is 0 Å². The second-order valence-electron chi connectivity index (χ2n) is 5.48. The summed E-state index contributed by atoms with van der Waals surface area (Å²) in [6.45, 7) is 1.27. The Kier molecular flexibility index (Phi) is 3.86. The first-order valence-corrected chi connectivity index (χ1v) is 6.61. The van der Waals surface area contributed by atoms with E-state index < -0.39 is 23.5 Å². The van der Waals surface area contributed by atoms with Crippen molar-refractivity contribution >= 4 is 11.5 Å². The minimum Gasteiger partial charge on any atom is -0.399 e. The molecule has 2 unspecified atom stereocenters. The molecule has 2 rings (SSSR count). The number of hydrogen-bond acceptors (Lipinski definition) is 3. The van der Waals surface area contributed by atoms with Gasteiger partial charge in [-0.15, -0.1) is 0 Å². The maximum absolute atomic E-state index is 14.1. The molecule has 0 aliphatic carbocycles. The molecule has 21 heavy (non-hydrogen) atoms. The SMILES string of the molecule is CC1(c2cc(N)ccc2F)N=C(N)CCCC1C(F)(F)F. The van der Waals surface area contributed by atoms with Gasteiger partial charge in [0.05, 0.1) is 17.3 Å². The zero-order valence-electron chi connectivity index (χ0n) is 11.5. The van der Waals surface area contributed by atoms with E-state index in [0.717, 1.165) is 6.07 Å². The van der Waals surface area contributed by atoms with Gasteiger partial charge in [-0.25, -0.2) is 4.39 Å². The summed E-state index contributed by atoms with van der Waals surface area (Å²) in [5.41, 5.74) is 9.47. The highest BCUT2D eigenvalue weighted by Crippen LogP contribution is 2.48. The zero-order chi connectivity index (χ0) is 15.8. The van der Waals surface area contributed by atoms with E-state index in [2.05, 4.69) is 4.99 Å². The molecule has 1 aliphatic heterocycles. The third kappa shape index (κ3) is 2.96. The highest BCUT2D eigenvalue weighted by atomic mass is 19.4. The molecule has 7 heteroatoms. The maximum Gasteiger partial charge on any atom is 0.394 e. The van der Waals surface area contributed by atoms with Gasteiger partial charge >= 0.3 is 6.18 Å². The summed E-state index contributed by atoms with van der Waals surface area (Å²) >= 11 is 0. The quantitative estimate of drug-likeness (QED) is 0.617. The van der Waals surface area contributed by atoms with Crippen LogP contribution in [0.5, 0.6) is 0 Å². The summed E-state index contributed by atoms with van der Waals surface area (Å²) in [5.74, 6) is -2.46. The van der Waals surface area contributed by atoms with Crippen LogP contribution in [-0.4, -0.2) is 12.0 Å². The van der Waals surface area contributed by atoms with Crippen LogP contribution in [0.25, 0.3) is 0 Å². The number of benzene rings is 1. The maximum atomic E-state index is 14.1. The van der Waals surface area contributed by atoms with Gasteiger partial charge in [0.1, 0.15) is 5.82 Å². The minimum atomic E-state index is -4.50. The van der Waals surface area contributed by atoms with E-state index in [1.807, 2.05) is 0 Å². The number of anilines is 1. The Morgan fingerprint density at radius 3 is 2.57 bits per heavy atom. The lowest BCUT2D eigenvalue weighted by Crippen LogP contribution is -2.41. The molecule has 0 fully saturated rings. The molecule has 2 atom stereocenters. The predicted octanol–water partition coefficient (Wildman–Crippen LogP) is 3.34. The predicted molar refractivity (Wildman–Crippen MR) is 73.2 cm³/mol. The van der Waals surface area contributed by atoms with Gasteiger partial charge in [-0.2, -0.15) is 13.2 Å². The summed E-state index contributed by atoms with van der Waals surface area (Å²) in [4.78, 5) is 4.01. The van der Waals surface area contributed by atoms with Crippen LogP contribution in [0.3, 0.4) is 0 Å². The number of hydrogen-bond donors (Lipinski definition) is 2. The van der Waals surface area contributed by atoms with Gasteiger partial charge in [0.2, 0.25) is 0 Å². The summed E-state index contributed by atoms with van der Waals surface area (Å²) in [5, 5.41) is 0. The van der Waals surface area contributed by atoms with Crippen LogP contribution in [0, 0.1) is 11.7 Å². The van der Waals surface area contributed by atoms with Gasteiger partial charge in [-0.05, 0) is 38.0 Å². The van der Waals surface area contributed by atoms with E-state index in [-0.39, 0.29) is 36.3 Å². The number of rotatable bonds is 1. The first-order valence-electron chi connectivity index (χ1n) is 6.61. The molecule has 116 valence electrons. The fourth-order valence-corrected chi connectivity index (χ4v) is 2.86. The van der Waals surface area contributed by atoms with Crippen molar-refractivity contribution in [2.75, 3.05) is 5.73 Å². The molecule has 4 N–H and O–H groups in total. The van der Waals surface area contributed by atoms with E-state index >= 15 is 0 Å². The van der Waals surface area contributed by atoms with Gasteiger partial charge in [-0.1, -0.05) is 0 Å². The van der Waals surface area contributed by atoms with Crippen molar-refractivity contribution in [3.63, 3.8) is 0 Å². The highest BCUT2D eigenvalue weighted by Gasteiger charge is 2.53. The molecule has 1 aliphatic rings. The smallest absolute Gasteiger partial charge is 0.394 e. The fourth-order valence-electron chi connectivity index (χ4n) is 2.86. The van der Waals surface area contributed by atoms with E-state index in [9.17, 15) is 17.6 Å². The van der Waals surface area contributed by atoms with Crippen molar-refractivity contribution in [3.8, 4) is 0 Å². The monoisotopic (exact) mass is 303 g/mol. The average Bonchev–Trinajstić information content (AvgIpc) is 2.50. The number of amidine groups is 1. The van der Waals surface area contributed by atoms with Crippen LogP contribution in [0.15, 0.2) is 23.2 Å². The van der Waals surface area contributed by atoms with Crippen molar-refractivity contribution in [2.45, 2.75) is 37.9 Å². The molecule has 0 spiro atoms. The van der Waals surface area contributed by atoms with Gasteiger partial charge < -0.3 is 11.5 Å². The largest absolute Gasteiger partial charge is 0.399 e. The Morgan fingerprint density at radius 1 is 1.29 bits per heavy atom. The summed E-state index contributed by atoms with van der Waals surface area (Å²) in [6.07, 6.45) is -4.12. The van der Waals surface area contributed by atoms with Crippen LogP contribution >= 0.6 is 0 Å². The summed E-state index contributed by atoms with van der Waals surface area (Å²) in [7, 11) is 0. The van der Waals surface area contributed by atoms with Crippen LogP contribution in [0.2, 0.25) is 0 Å². The molecule has 3 nitrogen and oxygen atoms in total. The number of nitrogens with two attached hydrogens (primary N) is 2. The number of alkyl halides is 3. The lowest BCUT2D eigenvalue weighted by Gasteiger charge is -2.35. The van der Waals surface area contributed by atoms with Crippen molar-refractivity contribution in [1.82, 2.24) is 0 Å². The first kappa shape index (κ1) is 15.6. The Morgan fingerprint density at radius 2 is 1.95 bits per heavy atom. The Hall–Kier alpha value is -1.79. The number of nitrogens with zero attached hydrogens (tertiary/aromatic N) is 1. The third-order valence-corrected chi connectivity index (χ3v) is 3.91. The normalized spacial score (nSPS) is 27.1. The average molecular weight is 303 g/mol. The first-order chi connectivity index (χ1) is 9.64. The Bertz CT molecular complexity index is 568. The zero-order valence-corrected chi connectivity index (χ0v) is 11.5. The molecule has 1 aromatic rings. The van der Waals surface area contributed by atoms with E-state index in [4.69, 9.17) is 11.5 Å². The third-order valence-electron chi connectivity index (χ3n) is 3.91. The fraction of sp³-hybridized carbons (Fsp3) is 0.500. The van der Waals surface area contributed by atoms with Gasteiger partial charge in [0.15, 0.2) is 0 Å². The summed E-state index contributed by atoms with van der Waals surface area (Å²) in [6, 6.07) is 3.56. The lowest BCUT2D eigenvalue weighted by molar-refractivity contribution is -0.193. The lowest BCUT2D eigenvalue weighted by atomic mass is 9.77. The van der Waals surface area contributed by atoms with E-state index in [0.29, 0.717) is 0 Å². The number of halogens is 4. The van der Waals surface area contributed by atoms with Crippen LogP contribution < -0.4 is 11.5 Å². The highest BCUT2D eigenvalue weighted by molar-refractivity contribution is 5.81. The molecular weight excluding hydrogens is 286 g/mol. The molecule has 1 aromatic carbocycles. The van der Waals surface area contributed by atoms with Crippen molar-refractivity contribution < 1.29 is 17.6 Å². The molecule has 0 bridgehead atoms. The van der Waals surface area contributed by atoms with Gasteiger partial charge in [-0.3, -0.25) is 4.99 Å². The van der Waals surface area contributed by atoms with Gasteiger partial charge in [0.25, 0.3) is 0 Å². The van der Waals surface area contributed by atoms with E-state index in [1.165, 1.54) is 19.1 Å². The summed E-state index contributed by atoms with van der Waals surface area (Å²) < 4.78 is 54.3. The Labute approximate surface area is 120 Å². The van der Waals surface area contributed by atoms with Crippen molar-refractivity contribution in [2.24, 2.45) is 16.6 Å². The second kappa shape index (κ2) is 5.20. The molecule has 0 amide bonds. The molecule has 0 radical (unpaired) electrons. The van der Waals surface area contributed by atoms with Crippen LogP contribution in [0.4, 0.5) is 23.2 Å². The molecule has 0 aromatic heterocycles. The van der Waals surface area contributed by atoms with E-state index in [1.54, 1.807) is 0 Å². The van der Waals surface area contributed by atoms with Crippen molar-refractivity contribution in [3.05, 3.63) is 29.6 Å². The van der Waals surface area contributed by atoms with Crippen LogP contribution in [-0.2, 0) is 5.54 Å². The number of nitrogen functional groups attached to an aromatic ring is 1. The molecule has 0 saturated carbocycles.